The van der Waals surface area contributed by atoms with Crippen molar-refractivity contribution < 1.29 is 4.74 Å². The smallest absolute Gasteiger partial charge is 0.193 e. The molecule has 0 aliphatic carbocycles. The molecule has 3 aliphatic rings. The average molecular weight is 367 g/mol. The zero-order valence-corrected chi connectivity index (χ0v) is 16.4. The van der Waals surface area contributed by atoms with Crippen LogP contribution >= 0.6 is 0 Å². The van der Waals surface area contributed by atoms with E-state index < -0.39 is 0 Å². The number of aromatic amines is 1. The van der Waals surface area contributed by atoms with Crippen molar-refractivity contribution in [3.63, 3.8) is 0 Å². The third-order valence-electron chi connectivity index (χ3n) is 6.74. The largest absolute Gasteiger partial charge is 0.374 e. The van der Waals surface area contributed by atoms with Gasteiger partial charge in [0, 0.05) is 54.6 Å². The first-order valence-corrected chi connectivity index (χ1v) is 10.5. The fraction of sp³-hybridized carbons (Fsp3) is 0.591. The van der Waals surface area contributed by atoms with Crippen molar-refractivity contribution in [3.8, 4) is 0 Å². The Balaban J connectivity index is 1.29. The Morgan fingerprint density at radius 3 is 2.70 bits per heavy atom. The molecule has 3 saturated heterocycles. The van der Waals surface area contributed by atoms with Crippen molar-refractivity contribution in [3.05, 3.63) is 35.5 Å². The summed E-state index contributed by atoms with van der Waals surface area (Å²) >= 11 is 0. The summed E-state index contributed by atoms with van der Waals surface area (Å²) in [6.07, 6.45) is 4.49. The number of nitrogens with zero attached hydrogens (tertiary/aromatic N) is 2. The highest BCUT2D eigenvalue weighted by Crippen LogP contribution is 2.47. The molecule has 0 radical (unpaired) electrons. The maximum absolute atomic E-state index is 6.12. The van der Waals surface area contributed by atoms with Gasteiger partial charge in [-0.3, -0.25) is 4.99 Å². The van der Waals surface area contributed by atoms with Crippen molar-refractivity contribution >= 4 is 16.9 Å². The number of likely N-dealkylation sites (tertiary alicyclic amines) is 1. The number of fused-ring (bicyclic) bond motifs is 6. The lowest BCUT2D eigenvalue weighted by molar-refractivity contribution is 0.0767. The number of hydrogen-bond acceptors (Lipinski definition) is 2. The van der Waals surface area contributed by atoms with Gasteiger partial charge < -0.3 is 19.9 Å². The van der Waals surface area contributed by atoms with Crippen LogP contribution in [-0.4, -0.2) is 54.2 Å². The lowest BCUT2D eigenvalue weighted by atomic mass is 9.82. The van der Waals surface area contributed by atoms with Crippen LogP contribution in [0.2, 0.25) is 0 Å². The second-order valence-electron chi connectivity index (χ2n) is 8.28. The van der Waals surface area contributed by atoms with Crippen molar-refractivity contribution in [1.82, 2.24) is 15.2 Å². The van der Waals surface area contributed by atoms with E-state index in [-0.39, 0.29) is 0 Å². The van der Waals surface area contributed by atoms with Crippen LogP contribution in [0, 0.1) is 18.8 Å². The minimum Gasteiger partial charge on any atom is -0.374 e. The Kier molecular flexibility index (Phi) is 4.35. The summed E-state index contributed by atoms with van der Waals surface area (Å²) in [6.45, 7) is 8.26. The van der Waals surface area contributed by atoms with Crippen molar-refractivity contribution in [2.45, 2.75) is 45.3 Å². The Morgan fingerprint density at radius 2 is 1.96 bits per heavy atom. The average Bonchev–Trinajstić information content (AvgIpc) is 3.42. The Labute approximate surface area is 161 Å². The number of ether oxygens (including phenoxy) is 1. The number of benzene rings is 1. The van der Waals surface area contributed by atoms with E-state index >= 15 is 0 Å². The van der Waals surface area contributed by atoms with Gasteiger partial charge >= 0.3 is 0 Å². The molecule has 0 amide bonds. The molecule has 5 rings (SSSR count). The molecule has 1 aromatic heterocycles. The van der Waals surface area contributed by atoms with Gasteiger partial charge in [-0.15, -0.1) is 0 Å². The van der Waals surface area contributed by atoms with E-state index in [9.17, 15) is 0 Å². The molecular formula is C22H30N4O. The van der Waals surface area contributed by atoms with E-state index in [0.717, 1.165) is 38.6 Å². The van der Waals surface area contributed by atoms with E-state index in [0.29, 0.717) is 24.0 Å². The molecule has 2 aromatic rings. The Hall–Kier alpha value is -2.01. The summed E-state index contributed by atoms with van der Waals surface area (Å²) < 4.78 is 6.12. The molecular weight excluding hydrogens is 336 g/mol. The summed E-state index contributed by atoms with van der Waals surface area (Å²) in [6, 6.07) is 8.56. The van der Waals surface area contributed by atoms with Crippen LogP contribution in [0.1, 0.15) is 31.0 Å². The maximum atomic E-state index is 6.12. The van der Waals surface area contributed by atoms with Gasteiger partial charge in [0.05, 0.1) is 12.2 Å². The molecule has 0 spiro atoms. The number of nitrogens with one attached hydrogen (secondary N) is 2. The fourth-order valence-corrected chi connectivity index (χ4v) is 5.49. The van der Waals surface area contributed by atoms with Crippen LogP contribution < -0.4 is 5.32 Å². The van der Waals surface area contributed by atoms with Gasteiger partial charge in [0.15, 0.2) is 5.96 Å². The maximum Gasteiger partial charge on any atom is 0.193 e. The second kappa shape index (κ2) is 6.86. The van der Waals surface area contributed by atoms with E-state index in [1.807, 2.05) is 0 Å². The summed E-state index contributed by atoms with van der Waals surface area (Å²) in [7, 11) is 0. The predicted octanol–water partition coefficient (Wildman–Crippen LogP) is 3.09. The lowest BCUT2D eigenvalue weighted by Gasteiger charge is -2.23. The highest BCUT2D eigenvalue weighted by Gasteiger charge is 2.53. The van der Waals surface area contributed by atoms with E-state index in [4.69, 9.17) is 9.73 Å². The Bertz CT molecular complexity index is 839. The van der Waals surface area contributed by atoms with Crippen LogP contribution in [-0.2, 0) is 11.2 Å². The van der Waals surface area contributed by atoms with Gasteiger partial charge in [-0.05, 0) is 44.7 Å². The van der Waals surface area contributed by atoms with Gasteiger partial charge in [0.2, 0.25) is 0 Å². The summed E-state index contributed by atoms with van der Waals surface area (Å²) in [5.41, 5.74) is 3.89. The highest BCUT2D eigenvalue weighted by atomic mass is 16.5. The number of para-hydroxylation sites is 1. The van der Waals surface area contributed by atoms with Gasteiger partial charge in [-0.2, -0.15) is 0 Å². The molecule has 0 saturated carbocycles. The van der Waals surface area contributed by atoms with Crippen molar-refractivity contribution in [1.29, 1.82) is 0 Å². The summed E-state index contributed by atoms with van der Waals surface area (Å²) in [5, 5.41) is 4.86. The van der Waals surface area contributed by atoms with Crippen LogP contribution in [0.15, 0.2) is 29.3 Å². The molecule has 1 aromatic carbocycles. The lowest BCUT2D eigenvalue weighted by Crippen LogP contribution is -2.41. The molecule has 5 heteroatoms. The van der Waals surface area contributed by atoms with Crippen LogP contribution in [0.5, 0.6) is 0 Å². The molecule has 2 N–H and O–H groups in total. The SMILES string of the molecule is CCNC(=NCCc1c(C)[nH]c2ccccc12)N1CC2C3CCC(O3)C2C1. The summed E-state index contributed by atoms with van der Waals surface area (Å²) in [5.74, 6) is 2.51. The number of H-pyrrole nitrogens is 1. The minimum absolute atomic E-state index is 0.502. The quantitative estimate of drug-likeness (QED) is 0.646. The summed E-state index contributed by atoms with van der Waals surface area (Å²) in [4.78, 5) is 11.0. The Morgan fingerprint density at radius 1 is 1.22 bits per heavy atom. The fourth-order valence-electron chi connectivity index (χ4n) is 5.49. The normalized spacial score (nSPS) is 29.7. The monoisotopic (exact) mass is 366 g/mol. The molecule has 3 fully saturated rings. The standard InChI is InChI=1S/C22H30N4O/c1-3-23-22(26-12-17-18(13-26)21-9-8-20(17)27-21)24-11-10-15-14(2)25-19-7-5-4-6-16(15)19/h4-7,17-18,20-21,25H,3,8-13H2,1-2H3,(H,23,24). The first kappa shape index (κ1) is 17.1. The van der Waals surface area contributed by atoms with Gasteiger partial charge in [-0.25, -0.2) is 0 Å². The zero-order chi connectivity index (χ0) is 18.4. The minimum atomic E-state index is 0.502. The molecule has 5 nitrogen and oxygen atoms in total. The van der Waals surface area contributed by atoms with Crippen molar-refractivity contribution in [2.75, 3.05) is 26.2 Å². The number of aryl methyl sites for hydroxylation is 1. The zero-order valence-electron chi connectivity index (χ0n) is 16.4. The third-order valence-corrected chi connectivity index (χ3v) is 6.74. The molecule has 144 valence electrons. The topological polar surface area (TPSA) is 52.7 Å². The number of rotatable bonds is 4. The van der Waals surface area contributed by atoms with Crippen LogP contribution in [0.25, 0.3) is 10.9 Å². The first-order valence-electron chi connectivity index (χ1n) is 10.5. The molecule has 27 heavy (non-hydrogen) atoms. The number of aliphatic imine (C=N–C) groups is 1. The molecule has 4 heterocycles. The molecule has 2 bridgehead atoms. The highest BCUT2D eigenvalue weighted by molar-refractivity contribution is 5.84. The number of guanidine groups is 1. The molecule has 3 aliphatic heterocycles. The number of hydrogen-bond donors (Lipinski definition) is 2. The second-order valence-corrected chi connectivity index (χ2v) is 8.28. The van der Waals surface area contributed by atoms with E-state index in [1.54, 1.807) is 0 Å². The van der Waals surface area contributed by atoms with Crippen LogP contribution in [0.3, 0.4) is 0 Å². The number of aromatic nitrogens is 1. The van der Waals surface area contributed by atoms with Gasteiger partial charge in [-0.1, -0.05) is 18.2 Å². The molecule has 4 atom stereocenters. The van der Waals surface area contributed by atoms with E-state index in [1.165, 1.54) is 35.0 Å². The first-order chi connectivity index (χ1) is 13.2. The van der Waals surface area contributed by atoms with Crippen LogP contribution in [0.4, 0.5) is 0 Å². The van der Waals surface area contributed by atoms with Crippen molar-refractivity contribution in [2.24, 2.45) is 16.8 Å². The molecule has 4 unspecified atom stereocenters. The van der Waals surface area contributed by atoms with Gasteiger partial charge in [0.1, 0.15) is 0 Å². The van der Waals surface area contributed by atoms with E-state index in [2.05, 4.69) is 53.3 Å². The predicted molar refractivity (Wildman–Crippen MR) is 109 cm³/mol. The van der Waals surface area contributed by atoms with Gasteiger partial charge in [0.25, 0.3) is 0 Å². The third kappa shape index (κ3) is 2.92.